The van der Waals surface area contributed by atoms with Crippen molar-refractivity contribution in [2.45, 2.75) is 37.3 Å². The number of phosphoric ester groups is 4. The molecule has 0 amide bonds. The summed E-state index contributed by atoms with van der Waals surface area (Å²) < 4.78 is 84.4. The summed E-state index contributed by atoms with van der Waals surface area (Å²) in [7, 11) is -27.2. The molecule has 1 saturated carbocycles. The van der Waals surface area contributed by atoms with Crippen LogP contribution in [0.15, 0.2) is 0 Å². The fourth-order valence-electron chi connectivity index (χ4n) is 2.26. The first kappa shape index (κ1) is 38.5. The molecule has 1 aliphatic rings. The van der Waals surface area contributed by atoms with Crippen LogP contribution in [0.3, 0.4) is 0 Å². The lowest BCUT2D eigenvalue weighted by molar-refractivity contribution is -0.245. The highest BCUT2D eigenvalue weighted by molar-refractivity contribution is 7.47. The Hall–Kier alpha value is 0.400. The predicted molar refractivity (Wildman–Crippen MR) is 99.5 cm³/mol. The molecule has 1 aliphatic carbocycles. The molecule has 30 heteroatoms. The molecular formula is C6H18O24P6. The molecule has 36 heavy (non-hydrogen) atoms. The Labute approximate surface area is 200 Å². The van der Waals surface area contributed by atoms with Crippen molar-refractivity contribution in [3.63, 3.8) is 0 Å². The average molecular weight is 660 g/mol. The normalized spacial score (nSPS) is 24.0. The Bertz CT molecular complexity index is 830. The van der Waals surface area contributed by atoms with Crippen molar-refractivity contribution in [3.05, 3.63) is 0 Å². The van der Waals surface area contributed by atoms with Gasteiger partial charge in [-0.25, -0.2) is 28.8 Å². The number of phosphoric acid groups is 4. The van der Waals surface area contributed by atoms with Gasteiger partial charge in [-0.05, 0) is 9.13 Å². The Morgan fingerprint density at radius 1 is 0.583 bits per heavy atom. The summed E-state index contributed by atoms with van der Waals surface area (Å²) in [5.74, 6) is 0. The van der Waals surface area contributed by atoms with Crippen LogP contribution in [0.2, 0.25) is 0 Å². The van der Waals surface area contributed by atoms with Gasteiger partial charge in [-0.1, -0.05) is 0 Å². The lowest BCUT2D eigenvalue weighted by Crippen LogP contribution is -2.49. The van der Waals surface area contributed by atoms with E-state index in [9.17, 15) is 18.3 Å². The van der Waals surface area contributed by atoms with Crippen LogP contribution in [0.4, 0.5) is 0 Å². The molecule has 0 heterocycles. The molecule has 1 fully saturated rings. The summed E-state index contributed by atoms with van der Waals surface area (Å²) >= 11 is 0. The van der Waals surface area contributed by atoms with Gasteiger partial charge in [0, 0.05) is 22.2 Å². The van der Waals surface area contributed by atoms with E-state index < -0.39 is 85.1 Å². The summed E-state index contributed by atoms with van der Waals surface area (Å²) in [6.07, 6.45) is -9.27. The second kappa shape index (κ2) is 16.5. The minimum absolute atomic E-state index is 0.762. The number of hydrogen-bond acceptors (Lipinski definition) is 16. The molecule has 0 spiro atoms. The minimum atomic E-state index is -5.36. The van der Waals surface area contributed by atoms with Gasteiger partial charge in [-0.3, -0.25) is 18.1 Å². The van der Waals surface area contributed by atoms with E-state index in [1.54, 1.807) is 0 Å². The monoisotopic (exact) mass is 660 g/mol. The van der Waals surface area contributed by atoms with Crippen LogP contribution in [-0.4, -0.2) is 74.1 Å². The van der Waals surface area contributed by atoms with Gasteiger partial charge in [-0.15, -0.1) is 0 Å². The molecule has 216 valence electrons. The van der Waals surface area contributed by atoms with Gasteiger partial charge in [0.15, 0.2) is 0 Å². The van der Waals surface area contributed by atoms with Crippen LogP contribution in [0.5, 0.6) is 0 Å². The lowest BCUT2D eigenvalue weighted by Gasteiger charge is -2.40. The van der Waals surface area contributed by atoms with Crippen molar-refractivity contribution < 1.29 is 114 Å². The van der Waals surface area contributed by atoms with Gasteiger partial charge in [0.2, 0.25) is 0 Å². The molecule has 24 nitrogen and oxygen atoms in total. The Morgan fingerprint density at radius 2 is 0.833 bits per heavy atom. The lowest BCUT2D eigenvalue weighted by atomic mass is 9.90. The highest BCUT2D eigenvalue weighted by atomic mass is 31.2. The molecule has 0 aromatic rings. The molecule has 1 rings (SSSR count). The topological polar surface area (TPSA) is 406 Å². The third kappa shape index (κ3) is 23.5. The zero-order valence-corrected chi connectivity index (χ0v) is 22.0. The number of rotatable bonds is 10. The summed E-state index contributed by atoms with van der Waals surface area (Å²) in [6, 6.07) is 0. The molecule has 6 atom stereocenters. The van der Waals surface area contributed by atoms with Crippen molar-refractivity contribution in [1.29, 1.82) is 0 Å². The molecule has 0 aromatic heterocycles. The van der Waals surface area contributed by atoms with Crippen LogP contribution in [0.25, 0.3) is 0 Å². The SMILES string of the molecule is O=P(O)(O)OC1CC(OP(=O)(O)O)C(OP(=O)(O)O)[C@@H](OP(=O)(O)O)C1.O=[P+]([O-])OO.O=[P+]([O-])OO. The van der Waals surface area contributed by atoms with Crippen molar-refractivity contribution >= 4 is 47.8 Å². The van der Waals surface area contributed by atoms with E-state index in [0.29, 0.717) is 0 Å². The highest BCUT2D eigenvalue weighted by Gasteiger charge is 2.49. The standard InChI is InChI=1S/C6H16O16P4.2HO4P/c7-23(8,9)19-3-1-4(20-24(10,11)12)6(22-26(16,17)18)5(2-3)21-25(13,14)15;2*1-4-5(2)3/h3-6H,1-2H2,(H2,7,8,9)(H2,10,11,12)(H2,13,14,15)(H2,16,17,18);2*1H/t3?,4-,5?,6?;;/m0../s1. The van der Waals surface area contributed by atoms with E-state index in [-0.39, 0.29) is 0 Å². The van der Waals surface area contributed by atoms with Crippen LogP contribution in [0.1, 0.15) is 12.8 Å². The predicted octanol–water partition coefficient (Wildman–Crippen LogP) is -2.32. The first-order valence-corrected chi connectivity index (χ1v) is 16.1. The summed E-state index contributed by atoms with van der Waals surface area (Å²) in [5.41, 5.74) is 0. The molecular weight excluding hydrogens is 642 g/mol. The Kier molecular flexibility index (Phi) is 17.7. The zero-order valence-electron chi connectivity index (χ0n) is 16.6. The maximum absolute atomic E-state index is 11.0. The largest absolute Gasteiger partial charge is 0.565 e. The average Bonchev–Trinajstić information content (AvgIpc) is 2.60. The van der Waals surface area contributed by atoms with Gasteiger partial charge in [0.1, 0.15) is 18.3 Å². The second-order valence-electron chi connectivity index (χ2n) is 5.63. The van der Waals surface area contributed by atoms with Crippen molar-refractivity contribution in [1.82, 2.24) is 0 Å². The van der Waals surface area contributed by atoms with Crippen molar-refractivity contribution in [2.24, 2.45) is 0 Å². The van der Waals surface area contributed by atoms with E-state index in [1.165, 1.54) is 0 Å². The van der Waals surface area contributed by atoms with Gasteiger partial charge in [0.25, 0.3) is 0 Å². The van der Waals surface area contributed by atoms with E-state index in [2.05, 4.69) is 27.4 Å². The number of hydrogen-bond donors (Lipinski definition) is 10. The summed E-state index contributed by atoms with van der Waals surface area (Å²) in [6.45, 7) is 0. The first-order chi connectivity index (χ1) is 15.9. The molecule has 0 aliphatic heterocycles. The zero-order chi connectivity index (χ0) is 29.1. The molecule has 0 bridgehead atoms. The molecule has 0 saturated heterocycles. The maximum atomic E-state index is 11.0. The highest BCUT2D eigenvalue weighted by Crippen LogP contribution is 2.51. The Morgan fingerprint density at radius 3 is 1.03 bits per heavy atom. The second-order valence-corrected chi connectivity index (χ2v) is 11.6. The van der Waals surface area contributed by atoms with Crippen molar-refractivity contribution in [3.8, 4) is 0 Å². The fourth-order valence-corrected chi connectivity index (χ4v) is 4.52. The van der Waals surface area contributed by atoms with E-state index in [4.69, 9.17) is 68.6 Å². The minimum Gasteiger partial charge on any atom is -0.565 e. The maximum Gasteiger partial charge on any atom is 0.521 e. The first-order valence-electron chi connectivity index (χ1n) is 7.76. The van der Waals surface area contributed by atoms with E-state index in [0.717, 1.165) is 0 Å². The summed E-state index contributed by atoms with van der Waals surface area (Å²) in [5, 5.41) is 14.1. The van der Waals surface area contributed by atoms with Crippen molar-refractivity contribution in [2.75, 3.05) is 0 Å². The van der Waals surface area contributed by atoms with Gasteiger partial charge in [0.05, 0.1) is 6.10 Å². The molecule has 0 radical (unpaired) electrons. The smallest absolute Gasteiger partial charge is 0.521 e. The van der Waals surface area contributed by atoms with Gasteiger partial charge >= 0.3 is 47.8 Å². The summed E-state index contributed by atoms with van der Waals surface area (Å²) in [4.78, 5) is 88.7. The molecule has 5 unspecified atom stereocenters. The van der Waals surface area contributed by atoms with Crippen LogP contribution >= 0.6 is 47.8 Å². The third-order valence-corrected chi connectivity index (χ3v) is 5.40. The van der Waals surface area contributed by atoms with Gasteiger partial charge < -0.3 is 48.9 Å². The van der Waals surface area contributed by atoms with E-state index in [1.807, 2.05) is 0 Å². The van der Waals surface area contributed by atoms with Crippen LogP contribution < -0.4 is 9.79 Å². The van der Waals surface area contributed by atoms with E-state index >= 15 is 0 Å². The van der Waals surface area contributed by atoms with Crippen LogP contribution in [-0.2, 0) is 54.8 Å². The Balaban J connectivity index is 0. The molecule has 0 aromatic carbocycles. The third-order valence-electron chi connectivity index (χ3n) is 2.95. The van der Waals surface area contributed by atoms with Crippen LogP contribution in [0, 0.1) is 0 Å². The van der Waals surface area contributed by atoms with Gasteiger partial charge in [-0.2, -0.15) is 0 Å². The fraction of sp³-hybridized carbons (Fsp3) is 1.00. The quantitative estimate of drug-likeness (QED) is 0.0667. The molecule has 10 N–H and O–H groups in total.